The highest BCUT2D eigenvalue weighted by Crippen LogP contribution is 2.32. The average Bonchev–Trinajstić information content (AvgIpc) is 3.43. The van der Waals surface area contributed by atoms with Gasteiger partial charge in [-0.15, -0.1) is 0 Å². The summed E-state index contributed by atoms with van der Waals surface area (Å²) < 4.78 is 49.0. The van der Waals surface area contributed by atoms with Crippen molar-refractivity contribution < 1.29 is 27.8 Å². The quantitative estimate of drug-likeness (QED) is 0.598. The number of carbonyl (C=O) groups is 1. The zero-order chi connectivity index (χ0) is 24.7. The summed E-state index contributed by atoms with van der Waals surface area (Å²) >= 11 is 0. The van der Waals surface area contributed by atoms with E-state index in [1.54, 1.807) is 7.05 Å². The molecule has 9 nitrogen and oxygen atoms in total. The van der Waals surface area contributed by atoms with Crippen LogP contribution in [-0.4, -0.2) is 61.2 Å². The van der Waals surface area contributed by atoms with Crippen LogP contribution in [0, 0.1) is 17.5 Å². The smallest absolute Gasteiger partial charge is 0.341 e. The van der Waals surface area contributed by atoms with Crippen molar-refractivity contribution in [3.05, 3.63) is 65.2 Å². The third-order valence-corrected chi connectivity index (χ3v) is 5.96. The fraction of sp³-hybridized carbons (Fsp3) is 0.304. The number of aromatic nitrogens is 3. The number of hydrazone groups is 1. The second kappa shape index (κ2) is 9.02. The number of benzene rings is 1. The molecule has 2 aliphatic rings. The first-order chi connectivity index (χ1) is 16.8. The Kier molecular flexibility index (Phi) is 5.89. The van der Waals surface area contributed by atoms with E-state index in [0.29, 0.717) is 28.9 Å². The first-order valence-corrected chi connectivity index (χ1v) is 10.8. The Balaban J connectivity index is 1.25. The number of amides is 2. The number of likely N-dealkylation sites (tertiary alicyclic amines) is 1. The van der Waals surface area contributed by atoms with Crippen molar-refractivity contribution in [2.24, 2.45) is 12.1 Å². The minimum atomic E-state index is -0.729. The summed E-state index contributed by atoms with van der Waals surface area (Å²) in [6.45, 7) is 0.111. The third-order valence-electron chi connectivity index (χ3n) is 5.96. The molecule has 0 unspecified atom stereocenters. The highest BCUT2D eigenvalue weighted by molar-refractivity contribution is 5.79. The van der Waals surface area contributed by atoms with Crippen LogP contribution < -0.4 is 4.74 Å². The van der Waals surface area contributed by atoms with Crippen molar-refractivity contribution in [3.8, 4) is 17.1 Å². The number of halogens is 3. The molecule has 2 amide bonds. The number of rotatable bonds is 5. The van der Waals surface area contributed by atoms with E-state index >= 15 is 0 Å². The van der Waals surface area contributed by atoms with Crippen molar-refractivity contribution >= 4 is 12.2 Å². The normalized spacial score (nSPS) is 17.7. The fourth-order valence-corrected chi connectivity index (χ4v) is 4.21. The van der Waals surface area contributed by atoms with E-state index in [4.69, 9.17) is 4.74 Å². The van der Waals surface area contributed by atoms with E-state index in [1.165, 1.54) is 45.2 Å². The molecular weight excluding hydrogens is 465 g/mol. The maximum absolute atomic E-state index is 14.4. The summed E-state index contributed by atoms with van der Waals surface area (Å²) in [5.41, 5.74) is 1.77. The third kappa shape index (κ3) is 4.32. The molecule has 0 spiro atoms. The van der Waals surface area contributed by atoms with Gasteiger partial charge in [-0.1, -0.05) is 0 Å². The van der Waals surface area contributed by atoms with Crippen LogP contribution in [0.3, 0.4) is 0 Å². The molecule has 3 aromatic rings. The molecule has 2 aliphatic heterocycles. The standard InChI is InChI=1S/C23H21F3N6O3/c1-30-22(14(12-33)8-29-30)19-7-21(18(26)9-27-19)35-17-10-31(11-17)23(34)32-20(2-3-28-32)13-4-15(24)6-16(25)5-13/h3-9,17,20,33H,2,10-12H2,1H3/t20-/m0/s1. The Morgan fingerprint density at radius 2 is 1.89 bits per heavy atom. The minimum Gasteiger partial charge on any atom is -0.483 e. The number of carbonyl (C=O) groups excluding carboxylic acids is 1. The van der Waals surface area contributed by atoms with Gasteiger partial charge in [-0.05, 0) is 17.7 Å². The molecule has 182 valence electrons. The Bertz CT molecular complexity index is 1290. The van der Waals surface area contributed by atoms with Crippen molar-refractivity contribution in [1.29, 1.82) is 0 Å². The number of nitrogens with zero attached hydrogens (tertiary/aromatic N) is 6. The lowest BCUT2D eigenvalue weighted by Crippen LogP contribution is -2.58. The summed E-state index contributed by atoms with van der Waals surface area (Å²) in [4.78, 5) is 18.5. The van der Waals surface area contributed by atoms with Gasteiger partial charge in [0.15, 0.2) is 11.6 Å². The summed E-state index contributed by atoms with van der Waals surface area (Å²) in [5.74, 6) is -2.16. The molecule has 12 heteroatoms. The summed E-state index contributed by atoms with van der Waals surface area (Å²) in [5, 5.41) is 18.9. The molecule has 1 N–H and O–H groups in total. The van der Waals surface area contributed by atoms with Gasteiger partial charge in [0.05, 0.1) is 49.5 Å². The number of aliphatic hydroxyl groups excluding tert-OH is 1. The Morgan fingerprint density at radius 1 is 1.14 bits per heavy atom. The van der Waals surface area contributed by atoms with Crippen LogP contribution in [0.4, 0.5) is 18.0 Å². The van der Waals surface area contributed by atoms with Gasteiger partial charge in [-0.2, -0.15) is 10.2 Å². The van der Waals surface area contributed by atoms with E-state index in [-0.39, 0.29) is 25.4 Å². The number of hydrogen-bond acceptors (Lipinski definition) is 6. The number of urea groups is 1. The van der Waals surface area contributed by atoms with Crippen LogP contribution in [-0.2, 0) is 13.7 Å². The molecule has 1 saturated heterocycles. The molecule has 4 heterocycles. The maximum atomic E-state index is 14.4. The van der Waals surface area contributed by atoms with E-state index in [9.17, 15) is 23.1 Å². The van der Waals surface area contributed by atoms with Crippen LogP contribution >= 0.6 is 0 Å². The Morgan fingerprint density at radius 3 is 2.60 bits per heavy atom. The van der Waals surface area contributed by atoms with Gasteiger partial charge in [-0.3, -0.25) is 9.67 Å². The van der Waals surface area contributed by atoms with Gasteiger partial charge in [-0.25, -0.2) is 23.0 Å². The molecule has 0 bridgehead atoms. The van der Waals surface area contributed by atoms with Crippen LogP contribution in [0.2, 0.25) is 0 Å². The number of pyridine rings is 1. The van der Waals surface area contributed by atoms with Crippen LogP contribution in [0.1, 0.15) is 23.6 Å². The van der Waals surface area contributed by atoms with Gasteiger partial charge < -0.3 is 14.7 Å². The lowest BCUT2D eigenvalue weighted by molar-refractivity contribution is 0.0256. The largest absolute Gasteiger partial charge is 0.483 e. The lowest BCUT2D eigenvalue weighted by Gasteiger charge is -2.41. The number of aryl methyl sites for hydroxylation is 1. The van der Waals surface area contributed by atoms with E-state index in [0.717, 1.165) is 12.3 Å². The first-order valence-electron chi connectivity index (χ1n) is 10.8. The zero-order valence-corrected chi connectivity index (χ0v) is 18.6. The second-order valence-electron chi connectivity index (χ2n) is 8.32. The van der Waals surface area contributed by atoms with Crippen molar-refractivity contribution in [1.82, 2.24) is 24.7 Å². The van der Waals surface area contributed by atoms with E-state index in [2.05, 4.69) is 15.2 Å². The van der Waals surface area contributed by atoms with Crippen LogP contribution in [0.15, 0.2) is 41.8 Å². The molecule has 35 heavy (non-hydrogen) atoms. The molecule has 0 radical (unpaired) electrons. The predicted molar refractivity (Wildman–Crippen MR) is 118 cm³/mol. The topological polar surface area (TPSA) is 96.1 Å². The molecular formula is C23H21F3N6O3. The number of aliphatic hydroxyl groups is 1. The molecule has 1 aromatic carbocycles. The van der Waals surface area contributed by atoms with Crippen LogP contribution in [0.25, 0.3) is 11.4 Å². The average molecular weight is 486 g/mol. The Hall–Kier alpha value is -3.93. The van der Waals surface area contributed by atoms with Gasteiger partial charge in [0, 0.05) is 37.4 Å². The van der Waals surface area contributed by atoms with Gasteiger partial charge in [0.2, 0.25) is 0 Å². The van der Waals surface area contributed by atoms with Crippen molar-refractivity contribution in [3.63, 3.8) is 0 Å². The first kappa shape index (κ1) is 22.8. The zero-order valence-electron chi connectivity index (χ0n) is 18.6. The van der Waals surface area contributed by atoms with Gasteiger partial charge >= 0.3 is 6.03 Å². The predicted octanol–water partition coefficient (Wildman–Crippen LogP) is 3.01. The van der Waals surface area contributed by atoms with Crippen molar-refractivity contribution in [2.45, 2.75) is 25.2 Å². The summed E-state index contributed by atoms with van der Waals surface area (Å²) in [7, 11) is 1.68. The highest BCUT2D eigenvalue weighted by Gasteiger charge is 2.39. The van der Waals surface area contributed by atoms with Gasteiger partial charge in [0.25, 0.3) is 0 Å². The highest BCUT2D eigenvalue weighted by atomic mass is 19.1. The second-order valence-corrected chi connectivity index (χ2v) is 8.32. The lowest BCUT2D eigenvalue weighted by atomic mass is 10.0. The van der Waals surface area contributed by atoms with E-state index in [1.807, 2.05) is 0 Å². The Labute approximate surface area is 198 Å². The van der Waals surface area contributed by atoms with E-state index < -0.39 is 35.6 Å². The molecule has 5 rings (SSSR count). The van der Waals surface area contributed by atoms with Gasteiger partial charge in [0.1, 0.15) is 17.7 Å². The number of ether oxygens (including phenoxy) is 1. The molecule has 1 atom stereocenters. The SMILES string of the molecule is Cn1ncc(CO)c1-c1cc(OC2CN(C(=O)N3N=CC[C@H]3c3cc(F)cc(F)c3)C2)c(F)cn1. The minimum absolute atomic E-state index is 0.0375. The molecule has 2 aromatic heterocycles. The number of hydrogen-bond donors (Lipinski definition) is 1. The molecule has 0 saturated carbocycles. The van der Waals surface area contributed by atoms with Crippen LogP contribution in [0.5, 0.6) is 5.75 Å². The summed E-state index contributed by atoms with van der Waals surface area (Å²) in [6.07, 6.45) is 3.91. The monoisotopic (exact) mass is 486 g/mol. The van der Waals surface area contributed by atoms with Crippen molar-refractivity contribution in [2.75, 3.05) is 13.1 Å². The fourth-order valence-electron chi connectivity index (χ4n) is 4.21. The summed E-state index contributed by atoms with van der Waals surface area (Å²) in [6, 6.07) is 3.50. The maximum Gasteiger partial charge on any atom is 0.341 e. The molecule has 0 aliphatic carbocycles. The molecule has 1 fully saturated rings.